The van der Waals surface area contributed by atoms with Crippen LogP contribution in [0.1, 0.15) is 17.2 Å². The van der Waals surface area contributed by atoms with Crippen molar-refractivity contribution < 1.29 is 14.3 Å². The maximum absolute atomic E-state index is 11.6. The molecule has 5 heteroatoms. The second-order valence-corrected chi connectivity index (χ2v) is 6.17. The molecule has 1 amide bonds. The Morgan fingerprint density at radius 2 is 2.04 bits per heavy atom. The SMILES string of the molecule is Cc1cc(N2CCOCC2c2ccccc2)cc2c1OCC(=O)N2. The van der Waals surface area contributed by atoms with Crippen LogP contribution in [0.15, 0.2) is 42.5 Å². The molecule has 2 aromatic rings. The van der Waals surface area contributed by atoms with Crippen LogP contribution in [0.5, 0.6) is 5.75 Å². The number of aryl methyl sites for hydroxylation is 1. The molecule has 1 fully saturated rings. The quantitative estimate of drug-likeness (QED) is 0.923. The number of rotatable bonds is 2. The Morgan fingerprint density at radius 3 is 2.88 bits per heavy atom. The summed E-state index contributed by atoms with van der Waals surface area (Å²) in [6.45, 7) is 4.26. The molecule has 0 saturated carbocycles. The first kappa shape index (κ1) is 15.0. The van der Waals surface area contributed by atoms with Gasteiger partial charge in [-0.1, -0.05) is 30.3 Å². The summed E-state index contributed by atoms with van der Waals surface area (Å²) in [5, 5.41) is 2.91. The molecule has 1 unspecified atom stereocenters. The van der Waals surface area contributed by atoms with E-state index in [9.17, 15) is 4.79 Å². The van der Waals surface area contributed by atoms with Gasteiger partial charge in [-0.05, 0) is 30.2 Å². The monoisotopic (exact) mass is 324 g/mol. The van der Waals surface area contributed by atoms with Gasteiger partial charge in [0, 0.05) is 12.2 Å². The summed E-state index contributed by atoms with van der Waals surface area (Å²) in [4.78, 5) is 14.0. The van der Waals surface area contributed by atoms with E-state index in [0.29, 0.717) is 13.2 Å². The molecule has 4 rings (SSSR count). The van der Waals surface area contributed by atoms with E-state index in [-0.39, 0.29) is 18.6 Å². The Bertz CT molecular complexity index is 761. The third-order valence-corrected chi connectivity index (χ3v) is 4.53. The van der Waals surface area contributed by atoms with Crippen molar-refractivity contribution in [2.45, 2.75) is 13.0 Å². The van der Waals surface area contributed by atoms with E-state index < -0.39 is 0 Å². The van der Waals surface area contributed by atoms with Crippen LogP contribution in [0.3, 0.4) is 0 Å². The zero-order valence-electron chi connectivity index (χ0n) is 13.6. The van der Waals surface area contributed by atoms with Crippen LogP contribution in [0.4, 0.5) is 11.4 Å². The molecule has 1 atom stereocenters. The van der Waals surface area contributed by atoms with Gasteiger partial charge in [-0.3, -0.25) is 4.79 Å². The highest BCUT2D eigenvalue weighted by Crippen LogP contribution is 2.38. The number of hydrogen-bond acceptors (Lipinski definition) is 4. The number of fused-ring (bicyclic) bond motifs is 1. The average molecular weight is 324 g/mol. The number of morpholine rings is 1. The number of carbonyl (C=O) groups excluding carboxylic acids is 1. The van der Waals surface area contributed by atoms with Crippen LogP contribution in [0.25, 0.3) is 0 Å². The van der Waals surface area contributed by atoms with Gasteiger partial charge in [-0.15, -0.1) is 0 Å². The number of nitrogens with one attached hydrogen (secondary N) is 1. The standard InChI is InChI=1S/C19H20N2O3/c1-13-9-15(10-16-19(13)24-12-18(22)20-16)21-7-8-23-11-17(21)14-5-3-2-4-6-14/h2-6,9-10,17H,7-8,11-12H2,1H3,(H,20,22). The second kappa shape index (κ2) is 6.17. The van der Waals surface area contributed by atoms with Crippen LogP contribution in [0, 0.1) is 6.92 Å². The predicted molar refractivity (Wildman–Crippen MR) is 92.7 cm³/mol. The van der Waals surface area contributed by atoms with E-state index >= 15 is 0 Å². The maximum atomic E-state index is 11.6. The highest BCUT2D eigenvalue weighted by molar-refractivity contribution is 5.96. The lowest BCUT2D eigenvalue weighted by molar-refractivity contribution is -0.118. The van der Waals surface area contributed by atoms with E-state index in [0.717, 1.165) is 29.2 Å². The van der Waals surface area contributed by atoms with E-state index in [1.165, 1.54) is 5.56 Å². The van der Waals surface area contributed by atoms with E-state index in [1.54, 1.807) is 0 Å². The number of ether oxygens (including phenoxy) is 2. The van der Waals surface area contributed by atoms with Gasteiger partial charge in [0.05, 0.1) is 24.9 Å². The Hall–Kier alpha value is -2.53. The molecule has 1 saturated heterocycles. The van der Waals surface area contributed by atoms with Crippen molar-refractivity contribution in [1.29, 1.82) is 0 Å². The lowest BCUT2D eigenvalue weighted by Crippen LogP contribution is -2.39. The number of nitrogens with zero attached hydrogens (tertiary/aromatic N) is 1. The molecule has 0 radical (unpaired) electrons. The van der Waals surface area contributed by atoms with Crippen molar-refractivity contribution in [3.63, 3.8) is 0 Å². The zero-order valence-corrected chi connectivity index (χ0v) is 13.6. The van der Waals surface area contributed by atoms with E-state index in [4.69, 9.17) is 9.47 Å². The molecule has 1 N–H and O–H groups in total. The summed E-state index contributed by atoms with van der Waals surface area (Å²) < 4.78 is 11.3. The number of benzene rings is 2. The summed E-state index contributed by atoms with van der Waals surface area (Å²) in [6.07, 6.45) is 0. The van der Waals surface area contributed by atoms with Crippen LogP contribution in [-0.4, -0.2) is 32.3 Å². The molecule has 0 aliphatic carbocycles. The fourth-order valence-electron chi connectivity index (χ4n) is 3.39. The minimum atomic E-state index is -0.111. The molecule has 0 aromatic heterocycles. The molecule has 2 aliphatic heterocycles. The van der Waals surface area contributed by atoms with Gasteiger partial charge in [0.25, 0.3) is 5.91 Å². The third-order valence-electron chi connectivity index (χ3n) is 4.53. The average Bonchev–Trinajstić information content (AvgIpc) is 2.62. The van der Waals surface area contributed by atoms with Crippen LogP contribution in [0.2, 0.25) is 0 Å². The fourth-order valence-corrected chi connectivity index (χ4v) is 3.39. The van der Waals surface area contributed by atoms with Gasteiger partial charge >= 0.3 is 0 Å². The molecule has 2 aromatic carbocycles. The van der Waals surface area contributed by atoms with E-state index in [2.05, 4.69) is 28.4 Å². The first-order valence-corrected chi connectivity index (χ1v) is 8.19. The van der Waals surface area contributed by atoms with Crippen LogP contribution < -0.4 is 15.0 Å². The predicted octanol–water partition coefficient (Wildman–Crippen LogP) is 2.90. The van der Waals surface area contributed by atoms with Crippen LogP contribution >= 0.6 is 0 Å². The molecule has 5 nitrogen and oxygen atoms in total. The zero-order chi connectivity index (χ0) is 16.5. The van der Waals surface area contributed by atoms with Gasteiger partial charge in [0.15, 0.2) is 6.61 Å². The Balaban J connectivity index is 1.72. The summed E-state index contributed by atoms with van der Waals surface area (Å²) >= 11 is 0. The minimum Gasteiger partial charge on any atom is -0.481 e. The largest absolute Gasteiger partial charge is 0.481 e. The lowest BCUT2D eigenvalue weighted by Gasteiger charge is -2.38. The first-order valence-electron chi connectivity index (χ1n) is 8.19. The molecule has 0 bridgehead atoms. The Labute approximate surface area is 141 Å². The number of hydrogen-bond donors (Lipinski definition) is 1. The lowest BCUT2D eigenvalue weighted by atomic mass is 10.0. The molecule has 2 heterocycles. The molecule has 0 spiro atoms. The normalized spacial score (nSPS) is 20.1. The number of carbonyl (C=O) groups is 1. The highest BCUT2D eigenvalue weighted by atomic mass is 16.5. The van der Waals surface area contributed by atoms with Crippen molar-refractivity contribution >= 4 is 17.3 Å². The van der Waals surface area contributed by atoms with Crippen molar-refractivity contribution in [1.82, 2.24) is 0 Å². The van der Waals surface area contributed by atoms with Crippen molar-refractivity contribution in [2.75, 3.05) is 36.6 Å². The smallest absolute Gasteiger partial charge is 0.262 e. The maximum Gasteiger partial charge on any atom is 0.262 e. The molecule has 2 aliphatic rings. The van der Waals surface area contributed by atoms with Gasteiger partial charge in [0.1, 0.15) is 5.75 Å². The van der Waals surface area contributed by atoms with Crippen LogP contribution in [-0.2, 0) is 9.53 Å². The molecule has 24 heavy (non-hydrogen) atoms. The first-order chi connectivity index (χ1) is 11.7. The molecular formula is C19H20N2O3. The van der Waals surface area contributed by atoms with Gasteiger partial charge < -0.3 is 19.7 Å². The fraction of sp³-hybridized carbons (Fsp3) is 0.316. The van der Waals surface area contributed by atoms with Gasteiger partial charge in [-0.2, -0.15) is 0 Å². The summed E-state index contributed by atoms with van der Waals surface area (Å²) in [5.41, 5.74) is 4.09. The van der Waals surface area contributed by atoms with E-state index in [1.807, 2.05) is 31.2 Å². The summed E-state index contributed by atoms with van der Waals surface area (Å²) in [7, 11) is 0. The summed E-state index contributed by atoms with van der Waals surface area (Å²) in [5.74, 6) is 0.656. The van der Waals surface area contributed by atoms with Gasteiger partial charge in [-0.25, -0.2) is 0 Å². The topological polar surface area (TPSA) is 50.8 Å². The van der Waals surface area contributed by atoms with Crippen molar-refractivity contribution in [3.05, 3.63) is 53.6 Å². The van der Waals surface area contributed by atoms with Crippen molar-refractivity contribution in [2.24, 2.45) is 0 Å². The highest BCUT2D eigenvalue weighted by Gasteiger charge is 2.27. The Morgan fingerprint density at radius 1 is 1.21 bits per heavy atom. The number of anilines is 2. The molecular weight excluding hydrogens is 304 g/mol. The summed E-state index contributed by atoms with van der Waals surface area (Å²) in [6, 6.07) is 14.7. The second-order valence-electron chi connectivity index (χ2n) is 6.17. The third kappa shape index (κ3) is 2.71. The molecule has 124 valence electrons. The number of amides is 1. The Kier molecular flexibility index (Phi) is 3.86. The van der Waals surface area contributed by atoms with Crippen molar-refractivity contribution in [3.8, 4) is 5.75 Å². The van der Waals surface area contributed by atoms with Gasteiger partial charge in [0.2, 0.25) is 0 Å². The minimum absolute atomic E-state index is 0.0807.